The molecule has 0 aliphatic rings. The lowest BCUT2D eigenvalue weighted by Crippen LogP contribution is -2.27. The summed E-state index contributed by atoms with van der Waals surface area (Å²) in [5, 5.41) is 7.95. The molecular formula is C18H19ClFN3O3. The summed E-state index contributed by atoms with van der Waals surface area (Å²) in [6, 6.07) is 7.72. The van der Waals surface area contributed by atoms with Crippen molar-refractivity contribution in [3.8, 4) is 5.75 Å². The van der Waals surface area contributed by atoms with Crippen molar-refractivity contribution in [1.29, 1.82) is 0 Å². The molecule has 3 amide bonds. The molecule has 6 nitrogen and oxygen atoms in total. The predicted molar refractivity (Wildman–Crippen MR) is 99.7 cm³/mol. The third-order valence-electron chi connectivity index (χ3n) is 3.38. The smallest absolute Gasteiger partial charge is 0.323 e. The van der Waals surface area contributed by atoms with Crippen LogP contribution in [0.25, 0.3) is 0 Å². The number of ether oxygens (including phenoxy) is 1. The van der Waals surface area contributed by atoms with Crippen molar-refractivity contribution < 1.29 is 18.7 Å². The van der Waals surface area contributed by atoms with E-state index in [-0.39, 0.29) is 27.9 Å². The molecule has 0 heterocycles. The van der Waals surface area contributed by atoms with Gasteiger partial charge < -0.3 is 20.7 Å². The van der Waals surface area contributed by atoms with E-state index in [0.717, 1.165) is 18.6 Å². The zero-order valence-corrected chi connectivity index (χ0v) is 15.1. The second-order valence-electron chi connectivity index (χ2n) is 5.40. The number of amides is 3. The van der Waals surface area contributed by atoms with E-state index < -0.39 is 11.8 Å². The van der Waals surface area contributed by atoms with Gasteiger partial charge in [-0.3, -0.25) is 4.79 Å². The number of methoxy groups -OCH3 is 1. The molecule has 0 spiro atoms. The Morgan fingerprint density at radius 3 is 2.58 bits per heavy atom. The molecule has 0 unspecified atom stereocenters. The lowest BCUT2D eigenvalue weighted by Gasteiger charge is -2.13. The second-order valence-corrected chi connectivity index (χ2v) is 5.84. The molecule has 0 bridgehead atoms. The summed E-state index contributed by atoms with van der Waals surface area (Å²) in [5.41, 5.74) is 0.733. The minimum absolute atomic E-state index is 0.154. The maximum Gasteiger partial charge on any atom is 0.323 e. The van der Waals surface area contributed by atoms with Crippen LogP contribution < -0.4 is 20.7 Å². The Morgan fingerprint density at radius 2 is 1.92 bits per heavy atom. The first-order valence-corrected chi connectivity index (χ1v) is 8.31. The van der Waals surface area contributed by atoms with Gasteiger partial charge >= 0.3 is 6.03 Å². The fourth-order valence-corrected chi connectivity index (χ4v) is 2.42. The van der Waals surface area contributed by atoms with Crippen LogP contribution in [-0.4, -0.2) is 25.6 Å². The Kier molecular flexibility index (Phi) is 6.80. The average molecular weight is 380 g/mol. The minimum atomic E-state index is -0.649. The summed E-state index contributed by atoms with van der Waals surface area (Å²) < 4.78 is 18.5. The molecule has 26 heavy (non-hydrogen) atoms. The highest BCUT2D eigenvalue weighted by atomic mass is 35.5. The van der Waals surface area contributed by atoms with Gasteiger partial charge in [-0.2, -0.15) is 0 Å². The van der Waals surface area contributed by atoms with E-state index in [1.165, 1.54) is 19.2 Å². The normalized spacial score (nSPS) is 10.2. The van der Waals surface area contributed by atoms with Crippen LogP contribution in [0, 0.1) is 5.82 Å². The maximum atomic E-state index is 13.4. The Morgan fingerprint density at radius 1 is 1.15 bits per heavy atom. The molecule has 2 aromatic carbocycles. The van der Waals surface area contributed by atoms with E-state index in [1.54, 1.807) is 12.1 Å². The highest BCUT2D eigenvalue weighted by Crippen LogP contribution is 2.23. The number of benzene rings is 2. The van der Waals surface area contributed by atoms with Crippen molar-refractivity contribution in [3.63, 3.8) is 0 Å². The monoisotopic (exact) mass is 379 g/mol. The van der Waals surface area contributed by atoms with Crippen LogP contribution in [0.3, 0.4) is 0 Å². The van der Waals surface area contributed by atoms with Crippen molar-refractivity contribution in [3.05, 3.63) is 52.8 Å². The molecule has 0 aromatic heterocycles. The molecule has 3 N–H and O–H groups in total. The van der Waals surface area contributed by atoms with Crippen LogP contribution in [-0.2, 0) is 0 Å². The number of hydrogen-bond donors (Lipinski definition) is 3. The molecule has 2 aromatic rings. The van der Waals surface area contributed by atoms with Crippen molar-refractivity contribution >= 4 is 34.9 Å². The number of urea groups is 1. The molecular weight excluding hydrogens is 361 g/mol. The van der Waals surface area contributed by atoms with Gasteiger partial charge in [0.05, 0.1) is 18.4 Å². The summed E-state index contributed by atoms with van der Waals surface area (Å²) >= 11 is 5.77. The number of rotatable bonds is 6. The number of carbonyl (C=O) groups excluding carboxylic acids is 2. The van der Waals surface area contributed by atoms with Gasteiger partial charge in [-0.1, -0.05) is 18.5 Å². The first-order valence-electron chi connectivity index (χ1n) is 7.93. The lowest BCUT2D eigenvalue weighted by atomic mass is 10.1. The molecule has 0 radical (unpaired) electrons. The van der Waals surface area contributed by atoms with Gasteiger partial charge in [0, 0.05) is 23.3 Å². The molecule has 2 rings (SSSR count). The first-order chi connectivity index (χ1) is 12.4. The number of halogens is 2. The number of carbonyl (C=O) groups is 2. The van der Waals surface area contributed by atoms with Gasteiger partial charge in [0.25, 0.3) is 5.91 Å². The number of anilines is 2. The fraction of sp³-hybridized carbons (Fsp3) is 0.222. The van der Waals surface area contributed by atoms with Crippen LogP contribution in [0.4, 0.5) is 20.6 Å². The maximum absolute atomic E-state index is 13.4. The summed E-state index contributed by atoms with van der Waals surface area (Å²) in [6.07, 6.45) is 0.783. The molecule has 138 valence electrons. The standard InChI is InChI=1S/C18H19ClFN3O3/c1-3-6-21-17(24)15-5-4-14(26-2)10-16(15)23-18(25)22-13-8-11(19)7-12(20)9-13/h4-5,7-10H,3,6H2,1-2H3,(H,21,24)(H2,22,23,25). The van der Waals surface area contributed by atoms with Crippen molar-refractivity contribution in [1.82, 2.24) is 5.32 Å². The molecule has 0 saturated heterocycles. The van der Waals surface area contributed by atoms with Crippen LogP contribution in [0.15, 0.2) is 36.4 Å². The Balaban J connectivity index is 2.20. The van der Waals surface area contributed by atoms with E-state index in [2.05, 4.69) is 16.0 Å². The summed E-state index contributed by atoms with van der Waals surface area (Å²) in [6.45, 7) is 2.45. The Bertz CT molecular complexity index is 794. The van der Waals surface area contributed by atoms with Crippen molar-refractivity contribution in [2.45, 2.75) is 13.3 Å². The second kappa shape index (κ2) is 9.05. The molecule has 0 saturated carbocycles. The quantitative estimate of drug-likeness (QED) is 0.701. The van der Waals surface area contributed by atoms with Crippen LogP contribution in [0.2, 0.25) is 5.02 Å². The third kappa shape index (κ3) is 5.35. The molecule has 0 atom stereocenters. The van der Waals surface area contributed by atoms with Gasteiger partial charge in [0.2, 0.25) is 0 Å². The third-order valence-corrected chi connectivity index (χ3v) is 3.59. The summed E-state index contributed by atoms with van der Waals surface area (Å²) in [7, 11) is 1.48. The lowest BCUT2D eigenvalue weighted by molar-refractivity contribution is 0.0954. The van der Waals surface area contributed by atoms with Crippen molar-refractivity contribution in [2.24, 2.45) is 0 Å². The van der Waals surface area contributed by atoms with E-state index in [0.29, 0.717) is 12.3 Å². The number of nitrogens with one attached hydrogen (secondary N) is 3. The van der Waals surface area contributed by atoms with E-state index in [9.17, 15) is 14.0 Å². The first kappa shape index (κ1) is 19.5. The van der Waals surface area contributed by atoms with Gasteiger partial charge in [-0.15, -0.1) is 0 Å². The van der Waals surface area contributed by atoms with E-state index >= 15 is 0 Å². The largest absolute Gasteiger partial charge is 0.497 e. The number of hydrogen-bond acceptors (Lipinski definition) is 3. The average Bonchev–Trinajstić information content (AvgIpc) is 2.58. The minimum Gasteiger partial charge on any atom is -0.497 e. The fourth-order valence-electron chi connectivity index (χ4n) is 2.20. The van der Waals surface area contributed by atoms with Crippen molar-refractivity contribution in [2.75, 3.05) is 24.3 Å². The van der Waals surface area contributed by atoms with Gasteiger partial charge in [0.15, 0.2) is 0 Å². The van der Waals surface area contributed by atoms with Crippen LogP contribution in [0.5, 0.6) is 5.75 Å². The summed E-state index contributed by atoms with van der Waals surface area (Å²) in [4.78, 5) is 24.5. The van der Waals surface area contributed by atoms with E-state index in [4.69, 9.17) is 16.3 Å². The van der Waals surface area contributed by atoms with E-state index in [1.807, 2.05) is 6.92 Å². The topological polar surface area (TPSA) is 79.5 Å². The van der Waals surface area contributed by atoms with Crippen LogP contribution in [0.1, 0.15) is 23.7 Å². The highest BCUT2D eigenvalue weighted by molar-refractivity contribution is 6.31. The van der Waals surface area contributed by atoms with Gasteiger partial charge in [-0.25, -0.2) is 9.18 Å². The highest BCUT2D eigenvalue weighted by Gasteiger charge is 2.15. The molecule has 0 fully saturated rings. The SMILES string of the molecule is CCCNC(=O)c1ccc(OC)cc1NC(=O)Nc1cc(F)cc(Cl)c1. The Labute approximate surface area is 155 Å². The van der Waals surface area contributed by atoms with Gasteiger partial charge in [-0.05, 0) is 36.8 Å². The zero-order valence-electron chi connectivity index (χ0n) is 14.4. The zero-order chi connectivity index (χ0) is 19.1. The molecule has 8 heteroatoms. The summed E-state index contributed by atoms with van der Waals surface area (Å²) in [5.74, 6) is -0.423. The predicted octanol–water partition coefficient (Wildman–Crippen LogP) is 4.27. The molecule has 0 aliphatic carbocycles. The molecule has 0 aliphatic heterocycles. The Hall–Kier alpha value is -2.80. The van der Waals surface area contributed by atoms with Crippen LogP contribution >= 0.6 is 11.6 Å². The van der Waals surface area contributed by atoms with Gasteiger partial charge in [0.1, 0.15) is 11.6 Å².